The summed E-state index contributed by atoms with van der Waals surface area (Å²) < 4.78 is 5.58. The Morgan fingerprint density at radius 3 is 2.80 bits per heavy atom. The monoisotopic (exact) mass is 214 g/mol. The van der Waals surface area contributed by atoms with Crippen LogP contribution in [0.25, 0.3) is 0 Å². The first-order valence-electron chi connectivity index (χ1n) is 6.20. The van der Waals surface area contributed by atoms with E-state index >= 15 is 0 Å². The number of rotatable bonds is 7. The van der Waals surface area contributed by atoms with Crippen LogP contribution in [0.1, 0.15) is 38.5 Å². The van der Waals surface area contributed by atoms with E-state index in [9.17, 15) is 0 Å². The lowest BCUT2D eigenvalue weighted by Crippen LogP contribution is -2.26. The van der Waals surface area contributed by atoms with Crippen LogP contribution in [-0.2, 0) is 4.74 Å². The van der Waals surface area contributed by atoms with Crippen LogP contribution in [0.5, 0.6) is 0 Å². The van der Waals surface area contributed by atoms with Crippen LogP contribution < -0.4 is 5.73 Å². The molecule has 1 aliphatic heterocycles. The highest BCUT2D eigenvalue weighted by Crippen LogP contribution is 2.18. The van der Waals surface area contributed by atoms with E-state index in [-0.39, 0.29) is 0 Å². The van der Waals surface area contributed by atoms with Crippen LogP contribution in [-0.4, -0.2) is 44.3 Å². The number of hydrogen-bond donors (Lipinski definition) is 1. The maximum Gasteiger partial charge on any atom is 0.0576 e. The highest BCUT2D eigenvalue weighted by atomic mass is 16.5. The molecule has 0 saturated carbocycles. The lowest BCUT2D eigenvalue weighted by Gasteiger charge is -2.16. The largest absolute Gasteiger partial charge is 0.378 e. The van der Waals surface area contributed by atoms with Crippen molar-refractivity contribution in [2.75, 3.05) is 27.2 Å². The van der Waals surface area contributed by atoms with Gasteiger partial charge >= 0.3 is 0 Å². The summed E-state index contributed by atoms with van der Waals surface area (Å²) in [4.78, 5) is 2.19. The fourth-order valence-electron chi connectivity index (χ4n) is 2.05. The molecule has 0 aromatic rings. The van der Waals surface area contributed by atoms with Gasteiger partial charge in [0.25, 0.3) is 0 Å². The molecule has 1 rings (SSSR count). The Morgan fingerprint density at radius 2 is 2.20 bits per heavy atom. The molecule has 1 saturated heterocycles. The summed E-state index contributed by atoms with van der Waals surface area (Å²) in [5.74, 6) is 0. The number of nitrogens with zero attached hydrogens (tertiary/aromatic N) is 1. The summed E-state index contributed by atoms with van der Waals surface area (Å²) in [5, 5.41) is 0. The maximum absolute atomic E-state index is 6.04. The van der Waals surface area contributed by atoms with E-state index in [0.29, 0.717) is 12.1 Å². The molecule has 90 valence electrons. The standard InChI is InChI=1S/C12H26N2O/c1-14(2)9-8-11(13)5-3-6-12-7-4-10-15-12/h11-12H,3-10,13H2,1-2H3. The lowest BCUT2D eigenvalue weighted by molar-refractivity contribution is 0.101. The van der Waals surface area contributed by atoms with Crippen LogP contribution in [0.15, 0.2) is 0 Å². The molecular formula is C12H26N2O. The molecule has 3 nitrogen and oxygen atoms in total. The maximum atomic E-state index is 6.04. The molecule has 1 fully saturated rings. The van der Waals surface area contributed by atoms with Gasteiger partial charge in [0.05, 0.1) is 6.10 Å². The number of nitrogens with two attached hydrogens (primary N) is 1. The van der Waals surface area contributed by atoms with Crippen LogP contribution in [0.4, 0.5) is 0 Å². The zero-order chi connectivity index (χ0) is 11.1. The van der Waals surface area contributed by atoms with E-state index in [1.807, 2.05) is 0 Å². The van der Waals surface area contributed by atoms with Gasteiger partial charge < -0.3 is 15.4 Å². The van der Waals surface area contributed by atoms with Gasteiger partial charge in [0, 0.05) is 12.6 Å². The van der Waals surface area contributed by atoms with E-state index < -0.39 is 0 Å². The number of hydrogen-bond acceptors (Lipinski definition) is 3. The summed E-state index contributed by atoms with van der Waals surface area (Å²) >= 11 is 0. The van der Waals surface area contributed by atoms with Gasteiger partial charge in [-0.1, -0.05) is 0 Å². The summed E-state index contributed by atoms with van der Waals surface area (Å²) in [6, 6.07) is 0.369. The quantitative estimate of drug-likeness (QED) is 0.700. The van der Waals surface area contributed by atoms with Crippen molar-refractivity contribution in [1.29, 1.82) is 0 Å². The van der Waals surface area contributed by atoms with Gasteiger partial charge in [-0.05, 0) is 59.2 Å². The first-order chi connectivity index (χ1) is 7.18. The zero-order valence-electron chi connectivity index (χ0n) is 10.2. The minimum absolute atomic E-state index is 0.369. The fourth-order valence-corrected chi connectivity index (χ4v) is 2.05. The predicted molar refractivity (Wildman–Crippen MR) is 64.0 cm³/mol. The van der Waals surface area contributed by atoms with Gasteiger partial charge in [0.1, 0.15) is 0 Å². The molecule has 0 aromatic heterocycles. The van der Waals surface area contributed by atoms with Crippen molar-refractivity contribution in [2.45, 2.75) is 50.7 Å². The van der Waals surface area contributed by atoms with Crippen LogP contribution in [0, 0.1) is 0 Å². The normalized spacial score (nSPS) is 23.6. The van der Waals surface area contributed by atoms with Crippen molar-refractivity contribution in [1.82, 2.24) is 4.90 Å². The van der Waals surface area contributed by atoms with Gasteiger partial charge in [-0.15, -0.1) is 0 Å². The Kier molecular flexibility index (Phi) is 6.22. The van der Waals surface area contributed by atoms with E-state index in [1.165, 1.54) is 25.7 Å². The van der Waals surface area contributed by atoms with E-state index in [2.05, 4.69) is 19.0 Å². The molecule has 0 aromatic carbocycles. The van der Waals surface area contributed by atoms with Crippen molar-refractivity contribution in [2.24, 2.45) is 5.73 Å². The highest BCUT2D eigenvalue weighted by Gasteiger charge is 2.15. The Labute approximate surface area is 94.0 Å². The summed E-state index contributed by atoms with van der Waals surface area (Å²) in [6.45, 7) is 2.07. The van der Waals surface area contributed by atoms with E-state index in [4.69, 9.17) is 10.5 Å². The van der Waals surface area contributed by atoms with Crippen molar-refractivity contribution in [3.05, 3.63) is 0 Å². The third-order valence-electron chi connectivity index (χ3n) is 3.07. The molecule has 0 radical (unpaired) electrons. The molecular weight excluding hydrogens is 188 g/mol. The van der Waals surface area contributed by atoms with Gasteiger partial charge in [0.2, 0.25) is 0 Å². The van der Waals surface area contributed by atoms with E-state index in [1.54, 1.807) is 0 Å². The smallest absolute Gasteiger partial charge is 0.0576 e. The second-order valence-electron chi connectivity index (χ2n) is 4.92. The van der Waals surface area contributed by atoms with Gasteiger partial charge in [0.15, 0.2) is 0 Å². The molecule has 15 heavy (non-hydrogen) atoms. The Bertz CT molecular complexity index is 156. The summed E-state index contributed by atoms with van der Waals surface area (Å²) in [6.07, 6.45) is 7.72. The highest BCUT2D eigenvalue weighted by molar-refractivity contribution is 4.68. The Balaban J connectivity index is 1.93. The molecule has 0 amide bonds. The summed E-state index contributed by atoms with van der Waals surface area (Å²) in [5.41, 5.74) is 6.04. The van der Waals surface area contributed by atoms with E-state index in [0.717, 1.165) is 26.0 Å². The summed E-state index contributed by atoms with van der Waals surface area (Å²) in [7, 11) is 4.19. The van der Waals surface area contributed by atoms with Crippen LogP contribution in [0.3, 0.4) is 0 Å². The van der Waals surface area contributed by atoms with Crippen LogP contribution >= 0.6 is 0 Å². The molecule has 2 unspecified atom stereocenters. The SMILES string of the molecule is CN(C)CCC(N)CCCC1CCCO1. The fraction of sp³-hybridized carbons (Fsp3) is 1.00. The van der Waals surface area contributed by atoms with Crippen molar-refractivity contribution in [3.63, 3.8) is 0 Å². The lowest BCUT2D eigenvalue weighted by atomic mass is 10.0. The molecule has 0 spiro atoms. The number of ether oxygens (including phenoxy) is 1. The van der Waals surface area contributed by atoms with Crippen molar-refractivity contribution < 1.29 is 4.74 Å². The third-order valence-corrected chi connectivity index (χ3v) is 3.07. The van der Waals surface area contributed by atoms with Gasteiger partial charge in [-0.2, -0.15) is 0 Å². The van der Waals surface area contributed by atoms with Gasteiger partial charge in [-0.25, -0.2) is 0 Å². The van der Waals surface area contributed by atoms with Crippen molar-refractivity contribution >= 4 is 0 Å². The minimum Gasteiger partial charge on any atom is -0.378 e. The van der Waals surface area contributed by atoms with Gasteiger partial charge in [-0.3, -0.25) is 0 Å². The average Bonchev–Trinajstić information content (AvgIpc) is 2.67. The Morgan fingerprint density at radius 1 is 1.40 bits per heavy atom. The molecule has 2 atom stereocenters. The second kappa shape index (κ2) is 7.20. The Hall–Kier alpha value is -0.120. The third kappa shape index (κ3) is 6.13. The molecule has 1 aliphatic rings. The first-order valence-corrected chi connectivity index (χ1v) is 6.20. The second-order valence-corrected chi connectivity index (χ2v) is 4.92. The molecule has 0 aliphatic carbocycles. The molecule has 3 heteroatoms. The van der Waals surface area contributed by atoms with Crippen molar-refractivity contribution in [3.8, 4) is 0 Å². The van der Waals surface area contributed by atoms with Crippen LogP contribution in [0.2, 0.25) is 0 Å². The first kappa shape index (κ1) is 12.9. The zero-order valence-corrected chi connectivity index (χ0v) is 10.2. The molecule has 0 bridgehead atoms. The molecule has 2 N–H and O–H groups in total. The molecule has 1 heterocycles. The minimum atomic E-state index is 0.369. The topological polar surface area (TPSA) is 38.5 Å². The predicted octanol–water partition coefficient (Wildman–Crippen LogP) is 1.61. The average molecular weight is 214 g/mol.